The monoisotopic (exact) mass is 279 g/mol. The Morgan fingerprint density at radius 1 is 1.53 bits per heavy atom. The van der Waals surface area contributed by atoms with Gasteiger partial charge in [0.1, 0.15) is 10.7 Å². The molecule has 2 unspecified atom stereocenters. The van der Waals surface area contributed by atoms with Crippen molar-refractivity contribution in [2.24, 2.45) is 5.73 Å². The van der Waals surface area contributed by atoms with Gasteiger partial charge in [-0.3, -0.25) is 9.78 Å². The number of nitrogens with one attached hydrogen (secondary N) is 1. The number of carbonyl (C=O) groups is 1. The Balaban J connectivity index is 2.01. The second-order valence-corrected chi connectivity index (χ2v) is 5.02. The summed E-state index contributed by atoms with van der Waals surface area (Å²) in [7, 11) is 1.67. The van der Waals surface area contributed by atoms with Gasteiger partial charge in [0.05, 0.1) is 12.1 Å². The number of aromatic nitrogens is 1. The van der Waals surface area contributed by atoms with Crippen LogP contribution in [0.1, 0.15) is 35.3 Å². The number of hydrogen-bond acceptors (Lipinski definition) is 4. The van der Waals surface area contributed by atoms with E-state index in [1.807, 2.05) is 0 Å². The van der Waals surface area contributed by atoms with Crippen LogP contribution >= 0.6 is 12.2 Å². The van der Waals surface area contributed by atoms with Crippen molar-refractivity contribution in [3.8, 4) is 0 Å². The van der Waals surface area contributed by atoms with E-state index in [4.69, 9.17) is 22.7 Å². The lowest BCUT2D eigenvalue weighted by molar-refractivity contribution is 0.0719. The molecule has 1 aromatic rings. The van der Waals surface area contributed by atoms with Crippen LogP contribution in [0.25, 0.3) is 0 Å². The van der Waals surface area contributed by atoms with Gasteiger partial charge in [0.25, 0.3) is 5.91 Å². The molecule has 1 heterocycles. The average Bonchev–Trinajstić information content (AvgIpc) is 2.86. The molecule has 1 aliphatic rings. The first-order valence-electron chi connectivity index (χ1n) is 6.21. The lowest BCUT2D eigenvalue weighted by atomic mass is 10.2. The van der Waals surface area contributed by atoms with Crippen molar-refractivity contribution in [2.45, 2.75) is 31.4 Å². The molecule has 2 atom stereocenters. The normalized spacial score (nSPS) is 22.2. The van der Waals surface area contributed by atoms with E-state index in [0.717, 1.165) is 19.3 Å². The molecule has 0 saturated heterocycles. The molecule has 0 radical (unpaired) electrons. The number of methoxy groups -OCH3 is 1. The van der Waals surface area contributed by atoms with Crippen molar-refractivity contribution in [1.82, 2.24) is 10.3 Å². The summed E-state index contributed by atoms with van der Waals surface area (Å²) < 4.78 is 5.34. The molecule has 6 heteroatoms. The van der Waals surface area contributed by atoms with Gasteiger partial charge >= 0.3 is 0 Å². The van der Waals surface area contributed by atoms with Crippen molar-refractivity contribution in [1.29, 1.82) is 0 Å². The lowest BCUT2D eigenvalue weighted by Gasteiger charge is -2.19. The van der Waals surface area contributed by atoms with Crippen molar-refractivity contribution < 1.29 is 9.53 Å². The Morgan fingerprint density at radius 3 is 2.89 bits per heavy atom. The molecule has 0 bridgehead atoms. The zero-order valence-electron chi connectivity index (χ0n) is 10.8. The first-order valence-corrected chi connectivity index (χ1v) is 6.62. The third kappa shape index (κ3) is 3.27. The van der Waals surface area contributed by atoms with Crippen molar-refractivity contribution >= 4 is 23.1 Å². The van der Waals surface area contributed by atoms with Gasteiger partial charge in [-0.15, -0.1) is 0 Å². The SMILES string of the molecule is COC1CCCC1NC(=O)c1ccc(C(N)=S)cn1. The summed E-state index contributed by atoms with van der Waals surface area (Å²) in [5, 5.41) is 2.95. The maximum absolute atomic E-state index is 12.1. The number of ether oxygens (including phenoxy) is 1. The molecule has 0 aliphatic heterocycles. The second kappa shape index (κ2) is 6.08. The van der Waals surface area contributed by atoms with Crippen molar-refractivity contribution in [2.75, 3.05) is 7.11 Å². The highest BCUT2D eigenvalue weighted by Crippen LogP contribution is 2.21. The van der Waals surface area contributed by atoms with Gasteiger partial charge in [0.2, 0.25) is 0 Å². The number of nitrogens with two attached hydrogens (primary N) is 1. The van der Waals surface area contributed by atoms with Crippen LogP contribution in [0, 0.1) is 0 Å². The smallest absolute Gasteiger partial charge is 0.270 e. The summed E-state index contributed by atoms with van der Waals surface area (Å²) in [4.78, 5) is 16.4. The molecule has 3 N–H and O–H groups in total. The quantitative estimate of drug-likeness (QED) is 0.804. The van der Waals surface area contributed by atoms with Gasteiger partial charge < -0.3 is 15.8 Å². The molecule has 1 amide bonds. The van der Waals surface area contributed by atoms with Gasteiger partial charge in [-0.1, -0.05) is 12.2 Å². The Labute approximate surface area is 117 Å². The predicted octanol–water partition coefficient (Wildman–Crippen LogP) is 1.01. The van der Waals surface area contributed by atoms with Crippen LogP contribution in [0.2, 0.25) is 0 Å². The average molecular weight is 279 g/mol. The van der Waals surface area contributed by atoms with E-state index in [2.05, 4.69) is 10.3 Å². The fourth-order valence-corrected chi connectivity index (χ4v) is 2.41. The van der Waals surface area contributed by atoms with Crippen LogP contribution in [-0.4, -0.2) is 35.1 Å². The van der Waals surface area contributed by atoms with E-state index < -0.39 is 0 Å². The number of hydrogen-bond donors (Lipinski definition) is 2. The molecular weight excluding hydrogens is 262 g/mol. The fourth-order valence-electron chi connectivity index (χ4n) is 2.29. The number of nitrogens with zero attached hydrogens (tertiary/aromatic N) is 1. The van der Waals surface area contributed by atoms with Gasteiger partial charge in [-0.05, 0) is 31.4 Å². The van der Waals surface area contributed by atoms with E-state index in [0.29, 0.717) is 11.3 Å². The molecule has 19 heavy (non-hydrogen) atoms. The van der Waals surface area contributed by atoms with Crippen molar-refractivity contribution in [3.63, 3.8) is 0 Å². The Morgan fingerprint density at radius 2 is 2.32 bits per heavy atom. The minimum atomic E-state index is -0.191. The molecule has 0 aromatic carbocycles. The minimum absolute atomic E-state index is 0.0644. The van der Waals surface area contributed by atoms with E-state index >= 15 is 0 Å². The van der Waals surface area contributed by atoms with Crippen molar-refractivity contribution in [3.05, 3.63) is 29.6 Å². The molecule has 102 valence electrons. The number of pyridine rings is 1. The zero-order chi connectivity index (χ0) is 13.8. The maximum atomic E-state index is 12.1. The first-order chi connectivity index (χ1) is 9.11. The van der Waals surface area contributed by atoms with Crippen LogP contribution < -0.4 is 11.1 Å². The zero-order valence-corrected chi connectivity index (χ0v) is 11.6. The van der Waals surface area contributed by atoms with Gasteiger partial charge in [-0.2, -0.15) is 0 Å². The highest BCUT2D eigenvalue weighted by molar-refractivity contribution is 7.80. The summed E-state index contributed by atoms with van der Waals surface area (Å²) in [6.07, 6.45) is 4.60. The molecule has 1 aromatic heterocycles. The maximum Gasteiger partial charge on any atom is 0.270 e. The number of amides is 1. The first kappa shape index (κ1) is 13.9. The third-order valence-electron chi connectivity index (χ3n) is 3.35. The fraction of sp³-hybridized carbons (Fsp3) is 0.462. The summed E-state index contributed by atoms with van der Waals surface area (Å²) >= 11 is 4.84. The second-order valence-electron chi connectivity index (χ2n) is 4.58. The van der Waals surface area contributed by atoms with Crippen LogP contribution in [-0.2, 0) is 4.74 Å². The van der Waals surface area contributed by atoms with E-state index in [9.17, 15) is 4.79 Å². The molecule has 0 spiro atoms. The topological polar surface area (TPSA) is 77.2 Å². The molecular formula is C13H17N3O2S. The Kier molecular flexibility index (Phi) is 4.44. The van der Waals surface area contributed by atoms with Gasteiger partial charge in [-0.25, -0.2) is 0 Å². The highest BCUT2D eigenvalue weighted by atomic mass is 32.1. The van der Waals surface area contributed by atoms with E-state index in [-0.39, 0.29) is 23.0 Å². The highest BCUT2D eigenvalue weighted by Gasteiger charge is 2.28. The summed E-state index contributed by atoms with van der Waals surface area (Å²) in [5.41, 5.74) is 6.50. The number of thiocarbonyl (C=S) groups is 1. The number of carbonyl (C=O) groups excluding carboxylic acids is 1. The van der Waals surface area contributed by atoms with Crippen LogP contribution in [0.4, 0.5) is 0 Å². The Hall–Kier alpha value is -1.53. The molecule has 1 aliphatic carbocycles. The minimum Gasteiger partial charge on any atom is -0.389 e. The largest absolute Gasteiger partial charge is 0.389 e. The molecule has 5 nitrogen and oxygen atoms in total. The predicted molar refractivity (Wildman–Crippen MR) is 76.0 cm³/mol. The standard InChI is InChI=1S/C13H17N3O2S/c1-18-11-4-2-3-9(11)16-13(17)10-6-5-8(7-15-10)12(14)19/h5-7,9,11H,2-4H2,1H3,(H2,14,19)(H,16,17). The van der Waals surface area contributed by atoms with Gasteiger partial charge in [0, 0.05) is 18.9 Å². The third-order valence-corrected chi connectivity index (χ3v) is 3.59. The van der Waals surface area contributed by atoms with E-state index in [1.54, 1.807) is 19.2 Å². The van der Waals surface area contributed by atoms with Gasteiger partial charge in [0.15, 0.2) is 0 Å². The van der Waals surface area contributed by atoms with Crippen LogP contribution in [0.15, 0.2) is 18.3 Å². The van der Waals surface area contributed by atoms with E-state index in [1.165, 1.54) is 6.20 Å². The van der Waals surface area contributed by atoms with Crippen LogP contribution in [0.5, 0.6) is 0 Å². The Bertz CT molecular complexity index is 475. The summed E-state index contributed by atoms with van der Waals surface area (Å²) in [5.74, 6) is -0.191. The molecule has 1 saturated carbocycles. The lowest BCUT2D eigenvalue weighted by Crippen LogP contribution is -2.41. The number of rotatable bonds is 4. The molecule has 1 fully saturated rings. The van der Waals surface area contributed by atoms with Crippen LogP contribution in [0.3, 0.4) is 0 Å². The molecule has 2 rings (SSSR count). The summed E-state index contributed by atoms with van der Waals surface area (Å²) in [6, 6.07) is 3.39. The summed E-state index contributed by atoms with van der Waals surface area (Å²) in [6.45, 7) is 0.